The summed E-state index contributed by atoms with van der Waals surface area (Å²) in [7, 11) is 0. The van der Waals surface area contributed by atoms with Crippen LogP contribution in [0.2, 0.25) is 5.15 Å². The van der Waals surface area contributed by atoms with Crippen molar-refractivity contribution in [1.82, 2.24) is 19.8 Å². The number of carbonyl (C=O) groups excluding carboxylic acids is 1. The zero-order valence-corrected chi connectivity index (χ0v) is 23.3. The molecule has 0 unspecified atom stereocenters. The van der Waals surface area contributed by atoms with Crippen molar-refractivity contribution >= 4 is 35.1 Å². The fraction of sp³-hybridized carbons (Fsp3) is 0.393. The van der Waals surface area contributed by atoms with Gasteiger partial charge in [-0.3, -0.25) is 9.69 Å². The molecule has 2 aliphatic rings. The summed E-state index contributed by atoms with van der Waals surface area (Å²) < 4.78 is 10.9. The van der Waals surface area contributed by atoms with Gasteiger partial charge in [0.25, 0.3) is 5.91 Å². The van der Waals surface area contributed by atoms with Gasteiger partial charge in [-0.15, -0.1) is 0 Å². The van der Waals surface area contributed by atoms with Crippen LogP contribution in [0.4, 0.5) is 5.82 Å². The predicted molar refractivity (Wildman–Crippen MR) is 150 cm³/mol. The number of ether oxygens (including phenoxy) is 2. The molecule has 0 spiro atoms. The second-order valence-corrected chi connectivity index (χ2v) is 10.6. The van der Waals surface area contributed by atoms with E-state index in [1.807, 2.05) is 41.3 Å². The largest absolute Gasteiger partial charge is 0.454 e. The number of rotatable bonds is 9. The molecule has 1 aromatic heterocycles. The maximum Gasteiger partial charge on any atom is 0.253 e. The quantitative estimate of drug-likeness (QED) is 0.209. The SMILES string of the molecule is CCN(CC)c1cc(Cl)nc(SCc2ccc(C(=O)N3CCN(Cc4ccc5c(c4)OCO5)CC3)cc2)n1. The standard InChI is InChI=1S/C28H32ClN5O3S/c1-3-33(4-2)26-16-25(29)30-28(31-26)38-18-20-5-8-22(9-6-20)27(35)34-13-11-32(12-14-34)17-21-7-10-23-24(15-21)37-19-36-23/h5-10,15-16H,3-4,11-14,17-19H2,1-2H3. The summed E-state index contributed by atoms with van der Waals surface area (Å²) in [6, 6.07) is 15.7. The molecule has 38 heavy (non-hydrogen) atoms. The zero-order valence-electron chi connectivity index (χ0n) is 21.7. The number of anilines is 1. The molecule has 1 fully saturated rings. The lowest BCUT2D eigenvalue weighted by molar-refractivity contribution is 0.0628. The van der Waals surface area contributed by atoms with E-state index in [1.54, 1.807) is 17.8 Å². The van der Waals surface area contributed by atoms with Gasteiger partial charge >= 0.3 is 0 Å². The number of aromatic nitrogens is 2. The van der Waals surface area contributed by atoms with Crippen molar-refractivity contribution in [2.45, 2.75) is 31.3 Å². The molecule has 200 valence electrons. The Bertz CT molecular complexity index is 1260. The number of fused-ring (bicyclic) bond motifs is 1. The van der Waals surface area contributed by atoms with Crippen molar-refractivity contribution in [3.8, 4) is 11.5 Å². The minimum atomic E-state index is 0.0778. The molecule has 3 heterocycles. The van der Waals surface area contributed by atoms with Crippen LogP contribution in [0.5, 0.6) is 11.5 Å². The molecule has 3 aromatic rings. The number of halogens is 1. The van der Waals surface area contributed by atoms with E-state index in [-0.39, 0.29) is 12.7 Å². The normalized spacial score (nSPS) is 15.1. The van der Waals surface area contributed by atoms with Crippen LogP contribution >= 0.6 is 23.4 Å². The third-order valence-electron chi connectivity index (χ3n) is 6.82. The second-order valence-electron chi connectivity index (χ2n) is 9.25. The number of carbonyl (C=O) groups is 1. The minimum absolute atomic E-state index is 0.0778. The van der Waals surface area contributed by atoms with E-state index < -0.39 is 0 Å². The van der Waals surface area contributed by atoms with Crippen LogP contribution in [0.25, 0.3) is 0 Å². The molecule has 0 radical (unpaired) electrons. The Balaban J connectivity index is 1.12. The summed E-state index contributed by atoms with van der Waals surface area (Å²) >= 11 is 7.78. The Morgan fingerprint density at radius 1 is 0.947 bits per heavy atom. The van der Waals surface area contributed by atoms with Crippen LogP contribution in [-0.4, -0.2) is 71.7 Å². The van der Waals surface area contributed by atoms with Crippen molar-refractivity contribution in [3.05, 3.63) is 70.4 Å². The highest BCUT2D eigenvalue weighted by atomic mass is 35.5. The van der Waals surface area contributed by atoms with Gasteiger partial charge in [-0.05, 0) is 49.2 Å². The Hall–Kier alpha value is -3.01. The summed E-state index contributed by atoms with van der Waals surface area (Å²) in [4.78, 5) is 28.6. The number of nitrogens with zero attached hydrogens (tertiary/aromatic N) is 5. The highest BCUT2D eigenvalue weighted by Crippen LogP contribution is 2.33. The molecule has 0 saturated carbocycles. The van der Waals surface area contributed by atoms with E-state index in [0.29, 0.717) is 34.7 Å². The van der Waals surface area contributed by atoms with Crippen molar-refractivity contribution in [3.63, 3.8) is 0 Å². The summed E-state index contributed by atoms with van der Waals surface area (Å²) in [6.45, 7) is 10.1. The molecule has 0 aliphatic carbocycles. The number of hydrogen-bond donors (Lipinski definition) is 0. The van der Waals surface area contributed by atoms with Gasteiger partial charge < -0.3 is 19.3 Å². The smallest absolute Gasteiger partial charge is 0.253 e. The fourth-order valence-electron chi connectivity index (χ4n) is 4.64. The minimum Gasteiger partial charge on any atom is -0.454 e. The lowest BCUT2D eigenvalue weighted by Gasteiger charge is -2.34. The number of thioether (sulfide) groups is 1. The summed E-state index contributed by atoms with van der Waals surface area (Å²) in [5.74, 6) is 3.23. The van der Waals surface area contributed by atoms with E-state index in [0.717, 1.165) is 55.6 Å². The first-order chi connectivity index (χ1) is 18.5. The Labute approximate surface area is 232 Å². The predicted octanol–water partition coefficient (Wildman–Crippen LogP) is 4.96. The highest BCUT2D eigenvalue weighted by Gasteiger charge is 2.23. The van der Waals surface area contributed by atoms with Crippen LogP contribution in [0.1, 0.15) is 35.3 Å². The molecule has 2 aliphatic heterocycles. The summed E-state index contributed by atoms with van der Waals surface area (Å²) in [5, 5.41) is 1.10. The molecule has 0 bridgehead atoms. The molecular formula is C28H32ClN5O3S. The van der Waals surface area contributed by atoms with Crippen LogP contribution < -0.4 is 14.4 Å². The first-order valence-corrected chi connectivity index (χ1v) is 14.3. The first kappa shape index (κ1) is 26.6. The lowest BCUT2D eigenvalue weighted by atomic mass is 10.1. The number of hydrogen-bond acceptors (Lipinski definition) is 8. The monoisotopic (exact) mass is 553 g/mol. The van der Waals surface area contributed by atoms with Crippen LogP contribution in [0.3, 0.4) is 0 Å². The maximum absolute atomic E-state index is 13.1. The topological polar surface area (TPSA) is 71.0 Å². The average molecular weight is 554 g/mol. The van der Waals surface area contributed by atoms with Gasteiger partial charge in [0, 0.05) is 63.2 Å². The summed E-state index contributed by atoms with van der Waals surface area (Å²) in [6.07, 6.45) is 0. The van der Waals surface area contributed by atoms with Crippen molar-refractivity contribution in [2.24, 2.45) is 0 Å². The molecule has 8 nitrogen and oxygen atoms in total. The Kier molecular flexibility index (Phi) is 8.56. The third kappa shape index (κ3) is 6.34. The van der Waals surface area contributed by atoms with Crippen LogP contribution in [0.15, 0.2) is 53.7 Å². The Morgan fingerprint density at radius 3 is 2.39 bits per heavy atom. The molecule has 1 amide bonds. The van der Waals surface area contributed by atoms with Gasteiger partial charge in [0.1, 0.15) is 11.0 Å². The molecule has 10 heteroatoms. The third-order valence-corrected chi connectivity index (χ3v) is 7.93. The molecule has 2 aromatic carbocycles. The number of piperazine rings is 1. The van der Waals surface area contributed by atoms with Gasteiger partial charge in [-0.2, -0.15) is 0 Å². The molecule has 1 saturated heterocycles. The van der Waals surface area contributed by atoms with Gasteiger partial charge in [0.05, 0.1) is 0 Å². The van der Waals surface area contributed by atoms with Crippen molar-refractivity contribution in [2.75, 3.05) is 51.0 Å². The molecule has 5 rings (SSSR count). The van der Waals surface area contributed by atoms with Crippen LogP contribution in [-0.2, 0) is 12.3 Å². The van der Waals surface area contributed by atoms with E-state index >= 15 is 0 Å². The highest BCUT2D eigenvalue weighted by molar-refractivity contribution is 7.98. The van der Waals surface area contributed by atoms with Crippen LogP contribution in [0, 0.1) is 0 Å². The van der Waals surface area contributed by atoms with E-state index in [1.165, 1.54) is 5.56 Å². The molecular weight excluding hydrogens is 522 g/mol. The molecule has 0 atom stereocenters. The van der Waals surface area contributed by atoms with Gasteiger partial charge in [0.2, 0.25) is 6.79 Å². The maximum atomic E-state index is 13.1. The van der Waals surface area contributed by atoms with Crippen molar-refractivity contribution in [1.29, 1.82) is 0 Å². The number of benzene rings is 2. The first-order valence-electron chi connectivity index (χ1n) is 12.9. The number of amides is 1. The second kappa shape index (κ2) is 12.2. The van der Waals surface area contributed by atoms with Gasteiger partial charge in [0.15, 0.2) is 16.7 Å². The lowest BCUT2D eigenvalue weighted by Crippen LogP contribution is -2.48. The zero-order chi connectivity index (χ0) is 26.5. The average Bonchev–Trinajstić information content (AvgIpc) is 3.41. The van der Waals surface area contributed by atoms with E-state index in [9.17, 15) is 4.79 Å². The van der Waals surface area contributed by atoms with Gasteiger partial charge in [-0.25, -0.2) is 9.97 Å². The van der Waals surface area contributed by atoms with E-state index in [4.69, 9.17) is 21.1 Å². The van der Waals surface area contributed by atoms with Gasteiger partial charge in [-0.1, -0.05) is 41.6 Å². The summed E-state index contributed by atoms with van der Waals surface area (Å²) in [5.41, 5.74) is 3.01. The Morgan fingerprint density at radius 2 is 1.66 bits per heavy atom. The van der Waals surface area contributed by atoms with Crippen molar-refractivity contribution < 1.29 is 14.3 Å². The fourth-order valence-corrected chi connectivity index (χ4v) is 5.68. The van der Waals surface area contributed by atoms with E-state index in [2.05, 4.69) is 39.7 Å². The molecule has 0 N–H and O–H groups in total.